The van der Waals surface area contributed by atoms with Gasteiger partial charge in [0.05, 0.1) is 16.7 Å². The van der Waals surface area contributed by atoms with Crippen LogP contribution in [-0.2, 0) is 10.3 Å². The van der Waals surface area contributed by atoms with Gasteiger partial charge in [0, 0.05) is 6.61 Å². The molecule has 0 aromatic carbocycles. The van der Waals surface area contributed by atoms with E-state index in [1.165, 1.54) is 6.42 Å². The highest BCUT2D eigenvalue weighted by Crippen LogP contribution is 2.39. The molecule has 1 aromatic heterocycles. The third-order valence-corrected chi connectivity index (χ3v) is 4.71. The van der Waals surface area contributed by atoms with Crippen LogP contribution in [0.15, 0.2) is 0 Å². The Balaban J connectivity index is 2.29. The fourth-order valence-electron chi connectivity index (χ4n) is 2.12. The van der Waals surface area contributed by atoms with Crippen molar-refractivity contribution in [2.24, 2.45) is 0 Å². The molecule has 2 unspecified atom stereocenters. The van der Waals surface area contributed by atoms with Gasteiger partial charge in [-0.3, -0.25) is 0 Å². The molecule has 2 rings (SSSR count). The van der Waals surface area contributed by atoms with Crippen molar-refractivity contribution in [3.05, 3.63) is 15.6 Å². The Morgan fingerprint density at radius 3 is 2.75 bits per heavy atom. The highest BCUT2D eigenvalue weighted by atomic mass is 32.1. The topological polar surface area (TPSA) is 42.4 Å². The fourth-order valence-corrected chi connectivity index (χ4v) is 3.26. The Kier molecular flexibility index (Phi) is 3.33. The maximum atomic E-state index is 9.63. The first-order valence-corrected chi connectivity index (χ1v) is 6.64. The van der Waals surface area contributed by atoms with Crippen molar-refractivity contribution < 1.29 is 9.84 Å². The normalized spacial score (nSPS) is 28.0. The molecule has 0 radical (unpaired) electrons. The summed E-state index contributed by atoms with van der Waals surface area (Å²) >= 11 is 1.59. The largest absolute Gasteiger partial charge is 0.388 e. The monoisotopic (exact) mass is 241 g/mol. The zero-order valence-corrected chi connectivity index (χ0v) is 10.9. The zero-order valence-electron chi connectivity index (χ0n) is 10.1. The number of hydrogen-bond acceptors (Lipinski definition) is 4. The Bertz CT molecular complexity index is 367. The first-order chi connectivity index (χ1) is 7.53. The van der Waals surface area contributed by atoms with E-state index in [9.17, 15) is 5.11 Å². The average Bonchev–Trinajstić information content (AvgIpc) is 2.62. The van der Waals surface area contributed by atoms with Gasteiger partial charge >= 0.3 is 0 Å². The highest BCUT2D eigenvalue weighted by Gasteiger charge is 2.34. The van der Waals surface area contributed by atoms with Gasteiger partial charge < -0.3 is 9.84 Å². The first kappa shape index (κ1) is 12.0. The molecule has 0 aliphatic carbocycles. The second-order valence-electron chi connectivity index (χ2n) is 4.68. The summed E-state index contributed by atoms with van der Waals surface area (Å²) in [5.74, 6) is 0. The summed E-state index contributed by atoms with van der Waals surface area (Å²) in [6.07, 6.45) is 2.93. The first-order valence-electron chi connectivity index (χ1n) is 5.83. The molecule has 90 valence electrons. The smallest absolute Gasteiger partial charge is 0.125 e. The van der Waals surface area contributed by atoms with Crippen LogP contribution in [0.5, 0.6) is 0 Å². The quantitative estimate of drug-likeness (QED) is 0.865. The van der Waals surface area contributed by atoms with Gasteiger partial charge in [-0.15, -0.1) is 11.3 Å². The Morgan fingerprint density at radius 2 is 2.25 bits per heavy atom. The second kappa shape index (κ2) is 4.43. The minimum Gasteiger partial charge on any atom is -0.388 e. The van der Waals surface area contributed by atoms with Crippen molar-refractivity contribution in [2.75, 3.05) is 6.61 Å². The molecule has 1 saturated heterocycles. The van der Waals surface area contributed by atoms with E-state index in [-0.39, 0.29) is 5.60 Å². The molecule has 1 aliphatic rings. The van der Waals surface area contributed by atoms with Gasteiger partial charge in [-0.2, -0.15) is 0 Å². The van der Waals surface area contributed by atoms with Crippen LogP contribution >= 0.6 is 11.3 Å². The molecule has 0 bridgehead atoms. The van der Waals surface area contributed by atoms with Crippen LogP contribution in [0.1, 0.15) is 54.8 Å². The van der Waals surface area contributed by atoms with Crippen LogP contribution in [0.2, 0.25) is 0 Å². The lowest BCUT2D eigenvalue weighted by atomic mass is 9.97. The van der Waals surface area contributed by atoms with Gasteiger partial charge in [0.1, 0.15) is 10.6 Å². The van der Waals surface area contributed by atoms with Crippen LogP contribution in [0, 0.1) is 6.92 Å². The van der Waals surface area contributed by atoms with Crippen LogP contribution in [0.3, 0.4) is 0 Å². The van der Waals surface area contributed by atoms with Gasteiger partial charge in [0.2, 0.25) is 0 Å². The predicted octanol–water partition coefficient (Wildman–Crippen LogP) is 2.92. The van der Waals surface area contributed by atoms with Crippen molar-refractivity contribution >= 4 is 11.3 Å². The van der Waals surface area contributed by atoms with Crippen molar-refractivity contribution in [2.45, 2.75) is 51.7 Å². The summed E-state index contributed by atoms with van der Waals surface area (Å²) in [6, 6.07) is 0. The maximum absolute atomic E-state index is 9.63. The maximum Gasteiger partial charge on any atom is 0.125 e. The molecule has 2 atom stereocenters. The number of aliphatic hydroxyl groups is 1. The summed E-state index contributed by atoms with van der Waals surface area (Å²) in [4.78, 5) is 5.52. The Labute approximate surface area is 100 Å². The SMILES string of the molecule is Cc1nc(C2(C)CCCCO2)sc1C(C)O. The van der Waals surface area contributed by atoms with E-state index in [0.29, 0.717) is 0 Å². The average molecular weight is 241 g/mol. The van der Waals surface area contributed by atoms with E-state index in [0.717, 1.165) is 35.0 Å². The molecular formula is C12H19NO2S. The van der Waals surface area contributed by atoms with E-state index >= 15 is 0 Å². The fraction of sp³-hybridized carbons (Fsp3) is 0.750. The number of aliphatic hydroxyl groups excluding tert-OH is 1. The van der Waals surface area contributed by atoms with Gasteiger partial charge in [0.15, 0.2) is 0 Å². The van der Waals surface area contributed by atoms with Gasteiger partial charge in [-0.25, -0.2) is 4.98 Å². The number of ether oxygens (including phenoxy) is 1. The van der Waals surface area contributed by atoms with Crippen LogP contribution in [-0.4, -0.2) is 16.7 Å². The molecule has 1 aromatic rings. The third kappa shape index (κ3) is 2.14. The summed E-state index contributed by atoms with van der Waals surface area (Å²) < 4.78 is 5.87. The molecular weight excluding hydrogens is 222 g/mol. The lowest BCUT2D eigenvalue weighted by molar-refractivity contribution is -0.0702. The van der Waals surface area contributed by atoms with Gasteiger partial charge in [0.25, 0.3) is 0 Å². The highest BCUT2D eigenvalue weighted by molar-refractivity contribution is 7.12. The predicted molar refractivity (Wildman–Crippen MR) is 64.6 cm³/mol. The van der Waals surface area contributed by atoms with Crippen molar-refractivity contribution in [1.29, 1.82) is 0 Å². The van der Waals surface area contributed by atoms with Crippen molar-refractivity contribution in [3.63, 3.8) is 0 Å². The van der Waals surface area contributed by atoms with E-state index in [1.807, 2.05) is 6.92 Å². The van der Waals surface area contributed by atoms with Crippen LogP contribution in [0.4, 0.5) is 0 Å². The molecule has 0 spiro atoms. The number of hydrogen-bond donors (Lipinski definition) is 1. The van der Waals surface area contributed by atoms with Crippen molar-refractivity contribution in [3.8, 4) is 0 Å². The number of nitrogens with zero attached hydrogens (tertiary/aromatic N) is 1. The Hall–Kier alpha value is -0.450. The summed E-state index contributed by atoms with van der Waals surface area (Å²) in [5, 5.41) is 10.6. The minimum atomic E-state index is -0.432. The standard InChI is InChI=1S/C12H19NO2S/c1-8-10(9(2)14)16-11(13-8)12(3)6-4-5-7-15-12/h9,14H,4-7H2,1-3H3. The van der Waals surface area contributed by atoms with Gasteiger partial charge in [-0.05, 0) is 40.0 Å². The van der Waals surface area contributed by atoms with Crippen LogP contribution < -0.4 is 0 Å². The van der Waals surface area contributed by atoms with Crippen LogP contribution in [0.25, 0.3) is 0 Å². The molecule has 16 heavy (non-hydrogen) atoms. The summed E-state index contributed by atoms with van der Waals surface area (Å²) in [5.41, 5.74) is 0.700. The molecule has 1 N–H and O–H groups in total. The van der Waals surface area contributed by atoms with Gasteiger partial charge in [-0.1, -0.05) is 0 Å². The lowest BCUT2D eigenvalue weighted by Crippen LogP contribution is -2.29. The number of thiazole rings is 1. The van der Waals surface area contributed by atoms with E-state index in [1.54, 1.807) is 18.3 Å². The molecule has 4 heteroatoms. The second-order valence-corrected chi connectivity index (χ2v) is 5.71. The number of aryl methyl sites for hydroxylation is 1. The molecule has 1 aliphatic heterocycles. The van der Waals surface area contributed by atoms with E-state index in [2.05, 4.69) is 11.9 Å². The molecule has 1 fully saturated rings. The van der Waals surface area contributed by atoms with E-state index in [4.69, 9.17) is 4.74 Å². The summed E-state index contributed by atoms with van der Waals surface area (Å²) in [7, 11) is 0. The molecule has 0 saturated carbocycles. The van der Waals surface area contributed by atoms with Crippen molar-refractivity contribution in [1.82, 2.24) is 4.98 Å². The molecule has 3 nitrogen and oxygen atoms in total. The lowest BCUT2D eigenvalue weighted by Gasteiger charge is -2.31. The minimum absolute atomic E-state index is 0.235. The molecule has 2 heterocycles. The third-order valence-electron chi connectivity index (χ3n) is 3.13. The molecule has 0 amide bonds. The van der Waals surface area contributed by atoms with E-state index < -0.39 is 6.10 Å². The number of rotatable bonds is 2. The zero-order chi connectivity index (χ0) is 11.8. The summed E-state index contributed by atoms with van der Waals surface area (Å²) in [6.45, 7) is 6.66. The Morgan fingerprint density at radius 1 is 1.50 bits per heavy atom. The number of aromatic nitrogens is 1.